The van der Waals surface area contributed by atoms with Crippen molar-refractivity contribution >= 4 is 28.7 Å². The van der Waals surface area contributed by atoms with Gasteiger partial charge in [-0.25, -0.2) is 0 Å². The fourth-order valence-electron chi connectivity index (χ4n) is 1.92. The number of hydrogen-bond donors (Lipinski definition) is 4. The topological polar surface area (TPSA) is 122 Å². The predicted octanol–water partition coefficient (Wildman–Crippen LogP) is 1.24. The molecule has 2 aromatic heterocycles. The Morgan fingerprint density at radius 1 is 1.29 bits per heavy atom. The zero-order valence-corrected chi connectivity index (χ0v) is 12.1. The van der Waals surface area contributed by atoms with E-state index in [4.69, 9.17) is 5.73 Å². The number of carbonyl (C=O) groups is 1. The van der Waals surface area contributed by atoms with E-state index in [0.717, 1.165) is 43.6 Å². The SMILES string of the molecule is CCCNc1nc(NCCCCC(N)=O)c2cn[nH]c2n1. The summed E-state index contributed by atoms with van der Waals surface area (Å²) in [4.78, 5) is 19.5. The van der Waals surface area contributed by atoms with Gasteiger partial charge in [-0.2, -0.15) is 15.1 Å². The van der Waals surface area contributed by atoms with Gasteiger partial charge in [0.2, 0.25) is 11.9 Å². The zero-order valence-electron chi connectivity index (χ0n) is 12.1. The Hall–Kier alpha value is -2.38. The first kappa shape index (κ1) is 15.0. The lowest BCUT2D eigenvalue weighted by Crippen LogP contribution is -2.12. The van der Waals surface area contributed by atoms with E-state index in [1.807, 2.05) is 0 Å². The maximum atomic E-state index is 10.7. The average Bonchev–Trinajstić information content (AvgIpc) is 2.92. The molecule has 0 aliphatic heterocycles. The van der Waals surface area contributed by atoms with E-state index in [1.54, 1.807) is 6.20 Å². The van der Waals surface area contributed by atoms with Crippen LogP contribution < -0.4 is 16.4 Å². The number of fused-ring (bicyclic) bond motifs is 1. The second-order valence-corrected chi connectivity index (χ2v) is 4.81. The van der Waals surface area contributed by atoms with Crippen LogP contribution in [-0.4, -0.2) is 39.2 Å². The van der Waals surface area contributed by atoms with Crippen LogP contribution in [0.25, 0.3) is 11.0 Å². The molecule has 114 valence electrons. The Kier molecular flexibility index (Phi) is 5.30. The van der Waals surface area contributed by atoms with Gasteiger partial charge < -0.3 is 16.4 Å². The standard InChI is InChI=1S/C13H21N7O/c1-2-6-16-13-18-11(9-8-17-20-12(9)19-13)15-7-4-3-5-10(14)21/h8H,2-7H2,1H3,(H2,14,21)(H3,15,16,17,18,19,20). The molecule has 0 saturated carbocycles. The molecule has 2 heterocycles. The second-order valence-electron chi connectivity index (χ2n) is 4.81. The first-order valence-electron chi connectivity index (χ1n) is 7.18. The van der Waals surface area contributed by atoms with Crippen molar-refractivity contribution in [1.82, 2.24) is 20.2 Å². The molecule has 0 aromatic carbocycles. The van der Waals surface area contributed by atoms with Crippen LogP contribution in [0.3, 0.4) is 0 Å². The highest BCUT2D eigenvalue weighted by molar-refractivity contribution is 5.86. The van der Waals surface area contributed by atoms with Crippen LogP contribution in [0, 0.1) is 0 Å². The van der Waals surface area contributed by atoms with Gasteiger partial charge in [-0.15, -0.1) is 0 Å². The number of carbonyl (C=O) groups excluding carboxylic acids is 1. The third-order valence-corrected chi connectivity index (χ3v) is 2.99. The molecule has 0 aliphatic rings. The molecule has 0 unspecified atom stereocenters. The number of rotatable bonds is 9. The molecular weight excluding hydrogens is 270 g/mol. The van der Waals surface area contributed by atoms with Crippen molar-refractivity contribution in [3.63, 3.8) is 0 Å². The summed E-state index contributed by atoms with van der Waals surface area (Å²) < 4.78 is 0. The molecule has 2 aromatic rings. The van der Waals surface area contributed by atoms with E-state index in [2.05, 4.69) is 37.7 Å². The summed E-state index contributed by atoms with van der Waals surface area (Å²) in [5.74, 6) is 1.06. The molecule has 0 fully saturated rings. The quantitative estimate of drug-likeness (QED) is 0.516. The summed E-state index contributed by atoms with van der Waals surface area (Å²) in [6.07, 6.45) is 4.73. The third kappa shape index (κ3) is 4.30. The lowest BCUT2D eigenvalue weighted by molar-refractivity contribution is -0.118. The fraction of sp³-hybridized carbons (Fsp3) is 0.538. The summed E-state index contributed by atoms with van der Waals surface area (Å²) in [6.45, 7) is 3.62. The highest BCUT2D eigenvalue weighted by Crippen LogP contribution is 2.19. The first-order valence-corrected chi connectivity index (χ1v) is 7.18. The van der Waals surface area contributed by atoms with Crippen LogP contribution >= 0.6 is 0 Å². The van der Waals surface area contributed by atoms with Crippen LogP contribution in [0.4, 0.5) is 11.8 Å². The second kappa shape index (κ2) is 7.41. The minimum absolute atomic E-state index is 0.264. The van der Waals surface area contributed by atoms with Gasteiger partial charge in [0.05, 0.1) is 11.6 Å². The number of unbranched alkanes of at least 4 members (excludes halogenated alkanes) is 1. The molecule has 2 rings (SSSR count). The van der Waals surface area contributed by atoms with Crippen molar-refractivity contribution in [1.29, 1.82) is 0 Å². The van der Waals surface area contributed by atoms with Gasteiger partial charge in [0, 0.05) is 19.5 Å². The maximum Gasteiger partial charge on any atom is 0.226 e. The summed E-state index contributed by atoms with van der Waals surface area (Å²) in [6, 6.07) is 0. The largest absolute Gasteiger partial charge is 0.370 e. The molecule has 0 saturated heterocycles. The van der Waals surface area contributed by atoms with Gasteiger partial charge in [-0.3, -0.25) is 9.89 Å². The molecular formula is C13H21N7O. The van der Waals surface area contributed by atoms with Crippen molar-refractivity contribution in [2.75, 3.05) is 23.7 Å². The van der Waals surface area contributed by atoms with E-state index in [9.17, 15) is 4.79 Å². The summed E-state index contributed by atoms with van der Waals surface area (Å²) in [5.41, 5.74) is 5.81. The number of primary amides is 1. The Balaban J connectivity index is 1.99. The van der Waals surface area contributed by atoms with Gasteiger partial charge in [-0.05, 0) is 19.3 Å². The van der Waals surface area contributed by atoms with E-state index in [1.165, 1.54) is 0 Å². The lowest BCUT2D eigenvalue weighted by atomic mass is 10.2. The number of hydrogen-bond acceptors (Lipinski definition) is 6. The predicted molar refractivity (Wildman–Crippen MR) is 82.0 cm³/mol. The normalized spacial score (nSPS) is 10.7. The number of anilines is 2. The number of nitrogens with one attached hydrogen (secondary N) is 3. The van der Waals surface area contributed by atoms with Crippen LogP contribution in [0.5, 0.6) is 0 Å². The van der Waals surface area contributed by atoms with Gasteiger partial charge >= 0.3 is 0 Å². The lowest BCUT2D eigenvalue weighted by Gasteiger charge is -2.09. The average molecular weight is 291 g/mol. The third-order valence-electron chi connectivity index (χ3n) is 2.99. The van der Waals surface area contributed by atoms with Gasteiger partial charge in [-0.1, -0.05) is 6.92 Å². The van der Waals surface area contributed by atoms with Crippen molar-refractivity contribution in [3.05, 3.63) is 6.20 Å². The van der Waals surface area contributed by atoms with Crippen LogP contribution in [0.15, 0.2) is 6.20 Å². The molecule has 0 spiro atoms. The number of aromatic amines is 1. The molecule has 21 heavy (non-hydrogen) atoms. The first-order chi connectivity index (χ1) is 10.2. The molecule has 0 bridgehead atoms. The Bertz CT molecular complexity index is 595. The minimum atomic E-state index is -0.264. The molecule has 8 nitrogen and oxygen atoms in total. The molecule has 0 aliphatic carbocycles. The fourth-order valence-corrected chi connectivity index (χ4v) is 1.92. The van der Waals surface area contributed by atoms with E-state index in [0.29, 0.717) is 18.0 Å². The number of H-pyrrole nitrogens is 1. The van der Waals surface area contributed by atoms with Crippen molar-refractivity contribution in [2.45, 2.75) is 32.6 Å². The number of aromatic nitrogens is 4. The summed E-state index contributed by atoms with van der Waals surface area (Å²) >= 11 is 0. The molecule has 1 amide bonds. The number of nitrogens with two attached hydrogens (primary N) is 1. The molecule has 8 heteroatoms. The highest BCUT2D eigenvalue weighted by Gasteiger charge is 2.08. The maximum absolute atomic E-state index is 10.7. The smallest absolute Gasteiger partial charge is 0.226 e. The zero-order chi connectivity index (χ0) is 15.1. The number of amides is 1. The van der Waals surface area contributed by atoms with Gasteiger partial charge in [0.25, 0.3) is 0 Å². The van der Waals surface area contributed by atoms with E-state index >= 15 is 0 Å². The summed E-state index contributed by atoms with van der Waals surface area (Å²) in [7, 11) is 0. The summed E-state index contributed by atoms with van der Waals surface area (Å²) in [5, 5.41) is 14.1. The van der Waals surface area contributed by atoms with Crippen molar-refractivity contribution in [2.24, 2.45) is 5.73 Å². The number of nitrogens with zero attached hydrogens (tertiary/aromatic N) is 3. The molecule has 0 atom stereocenters. The van der Waals surface area contributed by atoms with Gasteiger partial charge in [0.1, 0.15) is 5.82 Å². The Labute approximate surface area is 122 Å². The van der Waals surface area contributed by atoms with Gasteiger partial charge in [0.15, 0.2) is 5.65 Å². The monoisotopic (exact) mass is 291 g/mol. The van der Waals surface area contributed by atoms with Crippen molar-refractivity contribution < 1.29 is 4.79 Å². The van der Waals surface area contributed by atoms with E-state index < -0.39 is 0 Å². The van der Waals surface area contributed by atoms with Crippen LogP contribution in [0.1, 0.15) is 32.6 Å². The Morgan fingerprint density at radius 3 is 2.90 bits per heavy atom. The molecule has 5 N–H and O–H groups in total. The van der Waals surface area contributed by atoms with Crippen molar-refractivity contribution in [3.8, 4) is 0 Å². The molecule has 0 radical (unpaired) electrons. The van der Waals surface area contributed by atoms with Crippen LogP contribution in [-0.2, 0) is 4.79 Å². The Morgan fingerprint density at radius 2 is 2.14 bits per heavy atom. The van der Waals surface area contributed by atoms with Crippen LogP contribution in [0.2, 0.25) is 0 Å². The van der Waals surface area contributed by atoms with E-state index in [-0.39, 0.29) is 5.91 Å². The minimum Gasteiger partial charge on any atom is -0.370 e. The highest BCUT2D eigenvalue weighted by atomic mass is 16.1.